The van der Waals surface area contributed by atoms with Gasteiger partial charge in [0, 0.05) is 35.4 Å². The van der Waals surface area contributed by atoms with Crippen LogP contribution < -0.4 is 10.9 Å². The highest BCUT2D eigenvalue weighted by atomic mass is 19.1. The number of pyridine rings is 2. The average molecular weight is 351 g/mol. The lowest BCUT2D eigenvalue weighted by molar-refractivity contribution is 0.585. The number of H-pyrrole nitrogens is 1. The molecular formula is C17H14FN7O. The second-order valence-corrected chi connectivity index (χ2v) is 5.61. The van der Waals surface area contributed by atoms with E-state index in [2.05, 4.69) is 30.9 Å². The van der Waals surface area contributed by atoms with Crippen LogP contribution >= 0.6 is 0 Å². The van der Waals surface area contributed by atoms with Crippen molar-refractivity contribution in [1.82, 2.24) is 30.2 Å². The second kappa shape index (κ2) is 6.36. The molecule has 2 N–H and O–H groups in total. The molecule has 0 fully saturated rings. The summed E-state index contributed by atoms with van der Waals surface area (Å²) in [5, 5.41) is 17.5. The smallest absolute Gasteiger partial charge is 0.287 e. The van der Waals surface area contributed by atoms with Gasteiger partial charge in [0.2, 0.25) is 5.82 Å². The molecule has 130 valence electrons. The van der Waals surface area contributed by atoms with Crippen molar-refractivity contribution in [3.8, 4) is 11.4 Å². The summed E-state index contributed by atoms with van der Waals surface area (Å²) in [5.41, 5.74) is 1.61. The summed E-state index contributed by atoms with van der Waals surface area (Å²) in [7, 11) is 0. The molecule has 0 saturated heterocycles. The van der Waals surface area contributed by atoms with Crippen LogP contribution in [0.5, 0.6) is 0 Å². The largest absolute Gasteiger partial charge is 0.340 e. The second-order valence-electron chi connectivity index (χ2n) is 5.61. The Morgan fingerprint density at radius 2 is 2.04 bits per heavy atom. The molecule has 1 aromatic carbocycles. The number of aryl methyl sites for hydroxylation is 1. The molecule has 0 spiro atoms. The topological polar surface area (TPSA) is 101 Å². The molecule has 3 heterocycles. The first-order valence-electron chi connectivity index (χ1n) is 7.95. The number of tetrazole rings is 1. The Bertz CT molecular complexity index is 1120. The number of nitrogens with zero attached hydrogens (tertiary/aromatic N) is 5. The standard InChI is InChI=1S/C17H14FN7O/c1-2-25-14-8-15(19-9-11(14)7-13(18)17(25)26)20-12-5-3-10(4-6-12)16-21-23-24-22-16/h3-9H,2H2,1H3,(H,19,20)(H,21,22,23,24). The van der Waals surface area contributed by atoms with Gasteiger partial charge in [-0.05, 0) is 42.5 Å². The fourth-order valence-corrected chi connectivity index (χ4v) is 2.75. The first-order valence-corrected chi connectivity index (χ1v) is 7.95. The van der Waals surface area contributed by atoms with Crippen LogP contribution in [0.15, 0.2) is 47.4 Å². The number of benzene rings is 1. The zero-order valence-corrected chi connectivity index (χ0v) is 13.8. The number of halogens is 1. The maximum Gasteiger partial charge on any atom is 0.287 e. The minimum Gasteiger partial charge on any atom is -0.340 e. The van der Waals surface area contributed by atoms with E-state index in [1.165, 1.54) is 10.6 Å². The molecule has 3 aromatic heterocycles. The van der Waals surface area contributed by atoms with E-state index in [-0.39, 0.29) is 0 Å². The van der Waals surface area contributed by atoms with Gasteiger partial charge in [0.15, 0.2) is 5.82 Å². The SMILES string of the molecule is CCn1c(=O)c(F)cc2cnc(Nc3ccc(-c4nn[nH]n4)cc3)cc21. The van der Waals surface area contributed by atoms with E-state index in [4.69, 9.17) is 0 Å². The lowest BCUT2D eigenvalue weighted by Gasteiger charge is -2.11. The van der Waals surface area contributed by atoms with Crippen LogP contribution in [-0.4, -0.2) is 30.2 Å². The van der Waals surface area contributed by atoms with Gasteiger partial charge >= 0.3 is 0 Å². The number of fused-ring (bicyclic) bond motifs is 1. The molecule has 4 rings (SSSR count). The Hall–Kier alpha value is -3.62. The third-order valence-electron chi connectivity index (χ3n) is 4.01. The number of nitrogens with one attached hydrogen (secondary N) is 2. The summed E-state index contributed by atoms with van der Waals surface area (Å²) >= 11 is 0. The van der Waals surface area contributed by atoms with E-state index >= 15 is 0 Å². The molecule has 0 bridgehead atoms. The van der Waals surface area contributed by atoms with Crippen molar-refractivity contribution in [2.45, 2.75) is 13.5 Å². The van der Waals surface area contributed by atoms with E-state index in [9.17, 15) is 9.18 Å². The van der Waals surface area contributed by atoms with E-state index in [0.717, 1.165) is 11.3 Å². The number of anilines is 2. The molecule has 0 atom stereocenters. The number of aromatic nitrogens is 6. The van der Waals surface area contributed by atoms with Crippen molar-refractivity contribution >= 4 is 22.4 Å². The van der Waals surface area contributed by atoms with Crippen molar-refractivity contribution in [2.24, 2.45) is 0 Å². The zero-order valence-electron chi connectivity index (χ0n) is 13.8. The lowest BCUT2D eigenvalue weighted by Crippen LogP contribution is -2.22. The zero-order chi connectivity index (χ0) is 18.1. The normalized spacial score (nSPS) is 11.0. The quantitative estimate of drug-likeness (QED) is 0.586. The predicted octanol–water partition coefficient (Wildman–Crippen LogP) is 2.48. The molecule has 9 heteroatoms. The molecule has 0 amide bonds. The summed E-state index contributed by atoms with van der Waals surface area (Å²) in [6.45, 7) is 2.17. The number of aromatic amines is 1. The Morgan fingerprint density at radius 1 is 1.23 bits per heavy atom. The van der Waals surface area contributed by atoms with Crippen molar-refractivity contribution in [3.05, 3.63) is 58.8 Å². The van der Waals surface area contributed by atoms with Gasteiger partial charge in [-0.15, -0.1) is 10.2 Å². The van der Waals surface area contributed by atoms with Crippen LogP contribution in [0.25, 0.3) is 22.3 Å². The Kier molecular flexibility index (Phi) is 3.88. The first-order chi connectivity index (χ1) is 12.7. The average Bonchev–Trinajstić information content (AvgIpc) is 3.19. The molecule has 0 aliphatic heterocycles. The molecule has 0 aliphatic rings. The lowest BCUT2D eigenvalue weighted by atomic mass is 10.2. The Labute approximate surface area is 146 Å². The molecule has 0 radical (unpaired) electrons. The van der Waals surface area contributed by atoms with Crippen molar-refractivity contribution in [1.29, 1.82) is 0 Å². The highest BCUT2D eigenvalue weighted by Crippen LogP contribution is 2.22. The van der Waals surface area contributed by atoms with Gasteiger partial charge in [0.25, 0.3) is 5.56 Å². The monoisotopic (exact) mass is 351 g/mol. The van der Waals surface area contributed by atoms with Gasteiger partial charge in [-0.1, -0.05) is 0 Å². The van der Waals surface area contributed by atoms with E-state index in [1.54, 1.807) is 19.2 Å². The number of rotatable bonds is 4. The molecule has 8 nitrogen and oxygen atoms in total. The van der Waals surface area contributed by atoms with E-state index in [1.807, 2.05) is 24.3 Å². The van der Waals surface area contributed by atoms with Crippen LogP contribution in [0.3, 0.4) is 0 Å². The molecule has 4 aromatic rings. The third-order valence-corrected chi connectivity index (χ3v) is 4.01. The number of hydrogen-bond donors (Lipinski definition) is 2. The third kappa shape index (κ3) is 2.79. The molecule has 0 unspecified atom stereocenters. The molecule has 0 saturated carbocycles. The fraction of sp³-hybridized carbons (Fsp3) is 0.118. The van der Waals surface area contributed by atoms with Gasteiger partial charge in [-0.2, -0.15) is 5.21 Å². The van der Waals surface area contributed by atoms with E-state index in [0.29, 0.717) is 29.1 Å². The fourth-order valence-electron chi connectivity index (χ4n) is 2.75. The predicted molar refractivity (Wildman–Crippen MR) is 94.5 cm³/mol. The van der Waals surface area contributed by atoms with E-state index < -0.39 is 11.4 Å². The maximum absolute atomic E-state index is 13.7. The molecule has 26 heavy (non-hydrogen) atoms. The summed E-state index contributed by atoms with van der Waals surface area (Å²) in [5.74, 6) is 0.284. The highest BCUT2D eigenvalue weighted by Gasteiger charge is 2.09. The molecular weight excluding hydrogens is 337 g/mol. The molecule has 0 aliphatic carbocycles. The van der Waals surface area contributed by atoms with Crippen LogP contribution in [0.4, 0.5) is 15.9 Å². The Balaban J connectivity index is 1.67. The van der Waals surface area contributed by atoms with Crippen LogP contribution in [-0.2, 0) is 6.54 Å². The minimum absolute atomic E-state index is 0.371. The summed E-state index contributed by atoms with van der Waals surface area (Å²) in [6, 6.07) is 10.4. The summed E-state index contributed by atoms with van der Waals surface area (Å²) < 4.78 is 15.1. The van der Waals surface area contributed by atoms with Crippen molar-refractivity contribution in [3.63, 3.8) is 0 Å². The summed E-state index contributed by atoms with van der Waals surface area (Å²) in [6.07, 6.45) is 1.54. The van der Waals surface area contributed by atoms with Crippen LogP contribution in [0.2, 0.25) is 0 Å². The van der Waals surface area contributed by atoms with Gasteiger partial charge in [-0.25, -0.2) is 9.37 Å². The van der Waals surface area contributed by atoms with Crippen molar-refractivity contribution < 1.29 is 4.39 Å². The summed E-state index contributed by atoms with van der Waals surface area (Å²) in [4.78, 5) is 16.2. The van der Waals surface area contributed by atoms with Gasteiger partial charge in [-0.3, -0.25) is 4.79 Å². The van der Waals surface area contributed by atoms with Crippen LogP contribution in [0.1, 0.15) is 6.92 Å². The number of hydrogen-bond acceptors (Lipinski definition) is 6. The Morgan fingerprint density at radius 3 is 2.73 bits per heavy atom. The minimum atomic E-state index is -0.779. The van der Waals surface area contributed by atoms with Gasteiger partial charge in [0.1, 0.15) is 5.82 Å². The van der Waals surface area contributed by atoms with Gasteiger partial charge < -0.3 is 9.88 Å². The van der Waals surface area contributed by atoms with Gasteiger partial charge in [0.05, 0.1) is 5.52 Å². The maximum atomic E-state index is 13.7. The van der Waals surface area contributed by atoms with Crippen molar-refractivity contribution in [2.75, 3.05) is 5.32 Å². The van der Waals surface area contributed by atoms with Crippen LogP contribution in [0, 0.1) is 5.82 Å². The first kappa shape index (κ1) is 15.9. The highest BCUT2D eigenvalue weighted by molar-refractivity contribution is 5.81.